The Morgan fingerprint density at radius 1 is 1.50 bits per heavy atom. The van der Waals surface area contributed by atoms with Crippen molar-refractivity contribution in [2.24, 2.45) is 0 Å². The number of nitrogens with two attached hydrogens (primary N) is 1. The van der Waals surface area contributed by atoms with Gasteiger partial charge in [-0.1, -0.05) is 0 Å². The fourth-order valence-electron chi connectivity index (χ4n) is 1.60. The molecule has 0 saturated carbocycles. The first-order valence-corrected chi connectivity index (χ1v) is 8.03. The number of pyridine rings is 1. The van der Waals surface area contributed by atoms with Crippen molar-refractivity contribution in [1.82, 2.24) is 9.97 Å². The van der Waals surface area contributed by atoms with Crippen LogP contribution >= 0.6 is 23.1 Å². The van der Waals surface area contributed by atoms with Gasteiger partial charge in [-0.3, -0.25) is 9.69 Å². The van der Waals surface area contributed by atoms with Crippen molar-refractivity contribution in [1.29, 1.82) is 0 Å². The smallest absolute Gasteiger partial charge is 0.225 e. The number of thiazole rings is 1. The van der Waals surface area contributed by atoms with Gasteiger partial charge in [-0.15, -0.1) is 23.1 Å². The van der Waals surface area contributed by atoms with Gasteiger partial charge in [-0.2, -0.15) is 0 Å². The molecular weight excluding hydrogens is 292 g/mol. The van der Waals surface area contributed by atoms with Gasteiger partial charge in [0.05, 0.1) is 22.6 Å². The molecule has 0 atom stereocenters. The minimum absolute atomic E-state index is 0.0151. The number of anilines is 2. The van der Waals surface area contributed by atoms with Gasteiger partial charge in [0.25, 0.3) is 0 Å². The predicted octanol–water partition coefficient (Wildman–Crippen LogP) is 2.79. The summed E-state index contributed by atoms with van der Waals surface area (Å²) < 4.78 is 0. The lowest BCUT2D eigenvalue weighted by molar-refractivity contribution is -0.116. The normalized spacial score (nSPS) is 10.5. The largest absolute Gasteiger partial charge is 0.397 e. The van der Waals surface area contributed by atoms with E-state index < -0.39 is 0 Å². The number of thioether (sulfide) groups is 1. The maximum absolute atomic E-state index is 11.5. The number of amides is 1. The average Bonchev–Trinajstić information content (AvgIpc) is 2.87. The summed E-state index contributed by atoms with van der Waals surface area (Å²) in [6.45, 7) is 4.13. The van der Waals surface area contributed by atoms with Crippen LogP contribution in [0, 0.1) is 0 Å². The highest BCUT2D eigenvalue weighted by atomic mass is 32.2. The molecule has 0 unspecified atom stereocenters. The number of nitrogens with zero attached hydrogens (tertiary/aromatic N) is 3. The van der Waals surface area contributed by atoms with E-state index in [9.17, 15) is 4.79 Å². The summed E-state index contributed by atoms with van der Waals surface area (Å²) in [7, 11) is 0. The molecule has 0 aliphatic heterocycles. The Morgan fingerprint density at radius 3 is 2.90 bits per heavy atom. The fourth-order valence-corrected chi connectivity index (χ4v) is 3.38. The van der Waals surface area contributed by atoms with Gasteiger partial charge in [0, 0.05) is 24.6 Å². The molecule has 2 N–H and O–H groups in total. The van der Waals surface area contributed by atoms with Crippen LogP contribution in [0.4, 0.5) is 10.8 Å². The van der Waals surface area contributed by atoms with Crippen molar-refractivity contribution >= 4 is 39.8 Å². The maximum Gasteiger partial charge on any atom is 0.225 e. The summed E-state index contributed by atoms with van der Waals surface area (Å²) >= 11 is 3.09. The van der Waals surface area contributed by atoms with Crippen LogP contribution in [-0.4, -0.2) is 22.4 Å². The van der Waals surface area contributed by atoms with Gasteiger partial charge in [0.2, 0.25) is 5.91 Å². The fraction of sp³-hybridized carbons (Fsp3) is 0.308. The number of carbonyl (C=O) groups excluding carboxylic acids is 1. The van der Waals surface area contributed by atoms with E-state index in [2.05, 4.69) is 9.97 Å². The van der Waals surface area contributed by atoms with Crippen molar-refractivity contribution < 1.29 is 4.79 Å². The molecule has 0 saturated heterocycles. The Morgan fingerprint density at radius 2 is 2.30 bits per heavy atom. The number of carbonyl (C=O) groups is 1. The Kier molecular flexibility index (Phi) is 4.97. The minimum Gasteiger partial charge on any atom is -0.397 e. The van der Waals surface area contributed by atoms with Crippen molar-refractivity contribution in [3.05, 3.63) is 29.4 Å². The third-order valence-corrected chi connectivity index (χ3v) is 4.48. The van der Waals surface area contributed by atoms with E-state index in [-0.39, 0.29) is 5.91 Å². The van der Waals surface area contributed by atoms with Gasteiger partial charge in [-0.05, 0) is 19.1 Å². The average molecular weight is 308 g/mol. The SMILES string of the molecule is CCN(C(C)=O)c1nc(CSc2ccc(N)cn2)cs1. The molecule has 7 heteroatoms. The summed E-state index contributed by atoms with van der Waals surface area (Å²) in [5, 5.41) is 3.64. The zero-order chi connectivity index (χ0) is 14.5. The van der Waals surface area contributed by atoms with Crippen LogP contribution in [-0.2, 0) is 10.5 Å². The third-order valence-electron chi connectivity index (χ3n) is 2.59. The van der Waals surface area contributed by atoms with Gasteiger partial charge >= 0.3 is 0 Å². The van der Waals surface area contributed by atoms with Crippen molar-refractivity contribution in [3.63, 3.8) is 0 Å². The molecule has 0 aliphatic rings. The van der Waals surface area contributed by atoms with Crippen LogP contribution in [0.3, 0.4) is 0 Å². The molecule has 0 radical (unpaired) electrons. The summed E-state index contributed by atoms with van der Waals surface area (Å²) in [6, 6.07) is 3.72. The van der Waals surface area contributed by atoms with Crippen LogP contribution in [0.2, 0.25) is 0 Å². The number of aromatic nitrogens is 2. The Labute approximate surface area is 126 Å². The highest BCUT2D eigenvalue weighted by Gasteiger charge is 2.13. The lowest BCUT2D eigenvalue weighted by atomic mass is 10.4. The van der Waals surface area contributed by atoms with Gasteiger partial charge in [0.1, 0.15) is 0 Å². The van der Waals surface area contributed by atoms with Crippen LogP contribution in [0.1, 0.15) is 19.5 Å². The van der Waals surface area contributed by atoms with Crippen molar-refractivity contribution in [2.45, 2.75) is 24.6 Å². The lowest BCUT2D eigenvalue weighted by Gasteiger charge is -2.14. The molecule has 0 aromatic carbocycles. The molecule has 0 bridgehead atoms. The Hall–Kier alpha value is -1.60. The first-order valence-electron chi connectivity index (χ1n) is 6.17. The molecule has 106 valence electrons. The predicted molar refractivity (Wildman–Crippen MR) is 84.0 cm³/mol. The van der Waals surface area contributed by atoms with Gasteiger partial charge in [0.15, 0.2) is 5.13 Å². The molecule has 5 nitrogen and oxygen atoms in total. The van der Waals surface area contributed by atoms with E-state index in [1.54, 1.807) is 29.8 Å². The van der Waals surface area contributed by atoms with E-state index in [4.69, 9.17) is 5.73 Å². The Bertz CT molecular complexity index is 582. The second-order valence-corrected chi connectivity index (χ2v) is 5.94. The monoisotopic (exact) mass is 308 g/mol. The maximum atomic E-state index is 11.5. The van der Waals surface area contributed by atoms with Crippen molar-refractivity contribution in [2.75, 3.05) is 17.2 Å². The number of hydrogen-bond acceptors (Lipinski definition) is 6. The van der Waals surface area contributed by atoms with Gasteiger partial charge < -0.3 is 5.73 Å². The second-order valence-electron chi connectivity index (χ2n) is 4.10. The second kappa shape index (κ2) is 6.71. The zero-order valence-electron chi connectivity index (χ0n) is 11.4. The van der Waals surface area contributed by atoms with E-state index >= 15 is 0 Å². The molecule has 0 fully saturated rings. The summed E-state index contributed by atoms with van der Waals surface area (Å²) in [6.07, 6.45) is 1.64. The highest BCUT2D eigenvalue weighted by molar-refractivity contribution is 7.98. The number of hydrogen-bond donors (Lipinski definition) is 1. The van der Waals surface area contributed by atoms with E-state index in [0.29, 0.717) is 12.2 Å². The quantitative estimate of drug-likeness (QED) is 0.860. The minimum atomic E-state index is 0.0151. The van der Waals surface area contributed by atoms with Crippen LogP contribution in [0.25, 0.3) is 0 Å². The molecule has 2 rings (SSSR count). The van der Waals surface area contributed by atoms with Crippen LogP contribution in [0.5, 0.6) is 0 Å². The number of rotatable bonds is 5. The summed E-state index contributed by atoms with van der Waals surface area (Å²) in [4.78, 5) is 21.8. The van der Waals surface area contributed by atoms with Gasteiger partial charge in [-0.25, -0.2) is 9.97 Å². The molecule has 0 aliphatic carbocycles. The molecular formula is C13H16N4OS2. The highest BCUT2D eigenvalue weighted by Crippen LogP contribution is 2.26. The first kappa shape index (κ1) is 14.8. The zero-order valence-corrected chi connectivity index (χ0v) is 13.0. The Balaban J connectivity index is 1.99. The topological polar surface area (TPSA) is 72.1 Å². The van der Waals surface area contributed by atoms with Crippen LogP contribution in [0.15, 0.2) is 28.7 Å². The summed E-state index contributed by atoms with van der Waals surface area (Å²) in [5.74, 6) is 0.740. The third kappa shape index (κ3) is 3.71. The molecule has 2 aromatic heterocycles. The van der Waals surface area contributed by atoms with E-state index in [1.807, 2.05) is 24.4 Å². The number of nitrogen functional groups attached to an aromatic ring is 1. The molecule has 20 heavy (non-hydrogen) atoms. The van der Waals surface area contributed by atoms with E-state index in [1.165, 1.54) is 11.3 Å². The van der Waals surface area contributed by atoms with E-state index in [0.717, 1.165) is 21.6 Å². The molecule has 2 aromatic rings. The summed E-state index contributed by atoms with van der Waals surface area (Å²) in [5.41, 5.74) is 7.20. The van der Waals surface area contributed by atoms with Crippen molar-refractivity contribution in [3.8, 4) is 0 Å². The molecule has 0 spiro atoms. The lowest BCUT2D eigenvalue weighted by Crippen LogP contribution is -2.27. The van der Waals surface area contributed by atoms with Crippen LogP contribution < -0.4 is 10.6 Å². The molecule has 1 amide bonds. The molecule has 2 heterocycles. The standard InChI is InChI=1S/C13H16N4OS2/c1-3-17(9(2)18)13-16-11(8-20-13)7-19-12-5-4-10(14)6-15-12/h4-6,8H,3,7,14H2,1-2H3. The first-order chi connectivity index (χ1) is 9.60.